The number of aromatic nitrogens is 3. The number of pyridine rings is 1. The summed E-state index contributed by atoms with van der Waals surface area (Å²) in [5.74, 6) is 0.629. The van der Waals surface area contributed by atoms with E-state index in [1.165, 1.54) is 0 Å². The van der Waals surface area contributed by atoms with Crippen molar-refractivity contribution in [2.24, 2.45) is 0 Å². The van der Waals surface area contributed by atoms with Crippen molar-refractivity contribution >= 4 is 45.4 Å². The van der Waals surface area contributed by atoms with Crippen molar-refractivity contribution < 1.29 is 9.53 Å². The fourth-order valence-corrected chi connectivity index (χ4v) is 4.93. The van der Waals surface area contributed by atoms with E-state index in [0.717, 1.165) is 79.1 Å². The molecule has 0 saturated carbocycles. The lowest BCUT2D eigenvalue weighted by Crippen LogP contribution is -2.42. The van der Waals surface area contributed by atoms with Crippen LogP contribution in [0.25, 0.3) is 21.9 Å². The highest BCUT2D eigenvalue weighted by Gasteiger charge is 2.23. The van der Waals surface area contributed by atoms with E-state index in [1.54, 1.807) is 18.7 Å². The van der Waals surface area contributed by atoms with Gasteiger partial charge in [0.15, 0.2) is 11.0 Å². The van der Waals surface area contributed by atoms with Gasteiger partial charge in [-0.2, -0.15) is 0 Å². The van der Waals surface area contributed by atoms with Gasteiger partial charge in [0.1, 0.15) is 5.52 Å². The van der Waals surface area contributed by atoms with Crippen LogP contribution in [0.1, 0.15) is 32.6 Å². The first-order chi connectivity index (χ1) is 14.6. The smallest absolute Gasteiger partial charge is 0.219 e. The van der Waals surface area contributed by atoms with E-state index in [0.29, 0.717) is 11.9 Å². The maximum Gasteiger partial charge on any atom is 0.219 e. The highest BCUT2D eigenvalue weighted by atomic mass is 32.2. The zero-order chi connectivity index (χ0) is 21.1. The van der Waals surface area contributed by atoms with Crippen LogP contribution >= 0.6 is 11.8 Å². The number of nitrogens with zero attached hydrogens (tertiary/aromatic N) is 4. The molecule has 2 N–H and O–H groups in total. The molecule has 1 saturated heterocycles. The topological polar surface area (TPSA) is 86.3 Å². The monoisotopic (exact) mass is 427 g/mol. The molecule has 1 aliphatic rings. The number of nitrogen functional groups attached to an aromatic ring is 1. The summed E-state index contributed by atoms with van der Waals surface area (Å²) in [4.78, 5) is 23.5. The standard InChI is InChI=1S/C22H29N5O2S/c1-15(28)26(16-9-13-29-14-10-16)11-5-6-12-27-20-17-7-3-4-8-18(17)24-21(23)19(20)25-22(27)30-2/h3-4,7-8,16H,5-6,9-14H2,1-2H3,(H2,23,24). The van der Waals surface area contributed by atoms with Gasteiger partial charge in [-0.15, -0.1) is 0 Å². The quantitative estimate of drug-likeness (QED) is 0.457. The first kappa shape index (κ1) is 20.9. The molecule has 1 aliphatic heterocycles. The molecule has 0 bridgehead atoms. The molecule has 0 aliphatic carbocycles. The molecular formula is C22H29N5O2S. The Morgan fingerprint density at radius 1 is 1.27 bits per heavy atom. The number of carbonyl (C=O) groups is 1. The summed E-state index contributed by atoms with van der Waals surface area (Å²) in [6, 6.07) is 8.37. The third kappa shape index (κ3) is 4.11. The number of hydrogen-bond acceptors (Lipinski definition) is 6. The van der Waals surface area contributed by atoms with Crippen molar-refractivity contribution in [1.82, 2.24) is 19.4 Å². The van der Waals surface area contributed by atoms with Crippen molar-refractivity contribution in [2.45, 2.75) is 50.4 Å². The summed E-state index contributed by atoms with van der Waals surface area (Å²) in [5.41, 5.74) is 8.93. The average Bonchev–Trinajstić information content (AvgIpc) is 3.13. The predicted octanol–water partition coefficient (Wildman–Crippen LogP) is 3.70. The number of anilines is 1. The second kappa shape index (κ2) is 9.22. The number of thioether (sulfide) groups is 1. The Morgan fingerprint density at radius 3 is 2.77 bits per heavy atom. The van der Waals surface area contributed by atoms with Gasteiger partial charge in [-0.05, 0) is 38.0 Å². The first-order valence-electron chi connectivity index (χ1n) is 10.5. The molecule has 1 amide bonds. The fraction of sp³-hybridized carbons (Fsp3) is 0.500. The van der Waals surface area contributed by atoms with Crippen LogP contribution < -0.4 is 5.73 Å². The first-order valence-corrected chi connectivity index (χ1v) is 11.8. The van der Waals surface area contributed by atoms with Crippen LogP contribution in [0.15, 0.2) is 29.4 Å². The van der Waals surface area contributed by atoms with Crippen LogP contribution in [-0.2, 0) is 16.1 Å². The second-order valence-corrected chi connectivity index (χ2v) is 8.50. The van der Waals surface area contributed by atoms with Crippen LogP contribution in [0.4, 0.5) is 5.82 Å². The van der Waals surface area contributed by atoms with Crippen LogP contribution in [-0.4, -0.2) is 57.4 Å². The number of unbranched alkanes of at least 4 members (excludes halogenated alkanes) is 1. The number of para-hydroxylation sites is 1. The van der Waals surface area contributed by atoms with Gasteiger partial charge in [0.05, 0.1) is 11.0 Å². The fourth-order valence-electron chi connectivity index (χ4n) is 4.35. The van der Waals surface area contributed by atoms with E-state index in [4.69, 9.17) is 15.5 Å². The molecule has 1 fully saturated rings. The number of carbonyl (C=O) groups excluding carboxylic acids is 1. The number of aryl methyl sites for hydroxylation is 1. The van der Waals surface area contributed by atoms with E-state index in [1.807, 2.05) is 29.4 Å². The molecule has 160 valence electrons. The molecule has 1 aromatic carbocycles. The third-order valence-corrected chi connectivity index (χ3v) is 6.50. The molecule has 0 spiro atoms. The highest BCUT2D eigenvalue weighted by Crippen LogP contribution is 2.31. The molecule has 3 aromatic rings. The number of rotatable bonds is 7. The maximum atomic E-state index is 12.2. The lowest BCUT2D eigenvalue weighted by molar-refractivity contribution is -0.133. The largest absolute Gasteiger partial charge is 0.382 e. The Hall–Kier alpha value is -2.32. The summed E-state index contributed by atoms with van der Waals surface area (Å²) in [5, 5.41) is 2.02. The summed E-state index contributed by atoms with van der Waals surface area (Å²) < 4.78 is 7.71. The molecule has 0 atom stereocenters. The van der Waals surface area contributed by atoms with Crippen molar-refractivity contribution in [2.75, 3.05) is 31.7 Å². The number of amides is 1. The minimum atomic E-state index is 0.157. The summed E-state index contributed by atoms with van der Waals surface area (Å²) in [6.45, 7) is 4.78. The van der Waals surface area contributed by atoms with E-state index < -0.39 is 0 Å². The summed E-state index contributed by atoms with van der Waals surface area (Å²) in [6.07, 6.45) is 5.80. The number of benzene rings is 1. The lowest BCUT2D eigenvalue weighted by atomic mass is 10.1. The predicted molar refractivity (Wildman–Crippen MR) is 122 cm³/mol. The lowest BCUT2D eigenvalue weighted by Gasteiger charge is -2.33. The number of ether oxygens (including phenoxy) is 1. The average molecular weight is 428 g/mol. The van der Waals surface area contributed by atoms with Gasteiger partial charge in [0, 0.05) is 44.7 Å². The maximum absolute atomic E-state index is 12.2. The molecular weight excluding hydrogens is 398 g/mol. The number of fused-ring (bicyclic) bond motifs is 3. The zero-order valence-electron chi connectivity index (χ0n) is 17.6. The van der Waals surface area contributed by atoms with Crippen LogP contribution in [0.2, 0.25) is 0 Å². The number of nitrogens with two attached hydrogens (primary N) is 1. The number of hydrogen-bond donors (Lipinski definition) is 1. The van der Waals surface area contributed by atoms with E-state index in [2.05, 4.69) is 15.6 Å². The minimum Gasteiger partial charge on any atom is -0.382 e. The van der Waals surface area contributed by atoms with E-state index >= 15 is 0 Å². The zero-order valence-corrected chi connectivity index (χ0v) is 18.5. The summed E-state index contributed by atoms with van der Waals surface area (Å²) >= 11 is 1.62. The highest BCUT2D eigenvalue weighted by molar-refractivity contribution is 7.98. The van der Waals surface area contributed by atoms with Crippen molar-refractivity contribution in [1.29, 1.82) is 0 Å². The van der Waals surface area contributed by atoms with Crippen molar-refractivity contribution in [3.63, 3.8) is 0 Å². The van der Waals surface area contributed by atoms with Gasteiger partial charge in [0.25, 0.3) is 0 Å². The van der Waals surface area contributed by atoms with Gasteiger partial charge in [0.2, 0.25) is 5.91 Å². The minimum absolute atomic E-state index is 0.157. The Kier molecular flexibility index (Phi) is 6.43. The molecule has 3 heterocycles. The molecule has 0 radical (unpaired) electrons. The molecule has 0 unspecified atom stereocenters. The molecule has 7 nitrogen and oxygen atoms in total. The van der Waals surface area contributed by atoms with Gasteiger partial charge < -0.3 is 19.9 Å². The Balaban J connectivity index is 1.53. The molecule has 2 aromatic heterocycles. The van der Waals surface area contributed by atoms with Crippen molar-refractivity contribution in [3.8, 4) is 0 Å². The molecule has 4 rings (SSSR count). The van der Waals surface area contributed by atoms with Gasteiger partial charge in [-0.3, -0.25) is 4.79 Å². The van der Waals surface area contributed by atoms with E-state index in [9.17, 15) is 4.79 Å². The summed E-state index contributed by atoms with van der Waals surface area (Å²) in [7, 11) is 0. The molecule has 8 heteroatoms. The van der Waals surface area contributed by atoms with Crippen LogP contribution in [0.3, 0.4) is 0 Å². The number of imidazole rings is 1. The SMILES string of the molecule is CSc1nc2c(N)nc3ccccc3c2n1CCCCN(C(C)=O)C1CCOCC1. The Morgan fingerprint density at radius 2 is 2.03 bits per heavy atom. The Bertz CT molecular complexity index is 1040. The van der Waals surface area contributed by atoms with Crippen LogP contribution in [0, 0.1) is 0 Å². The molecule has 30 heavy (non-hydrogen) atoms. The van der Waals surface area contributed by atoms with Gasteiger partial charge in [-0.1, -0.05) is 30.0 Å². The van der Waals surface area contributed by atoms with Gasteiger partial charge in [-0.25, -0.2) is 9.97 Å². The normalized spacial score (nSPS) is 15.1. The van der Waals surface area contributed by atoms with Crippen LogP contribution in [0.5, 0.6) is 0 Å². The van der Waals surface area contributed by atoms with Gasteiger partial charge >= 0.3 is 0 Å². The third-order valence-electron chi connectivity index (χ3n) is 5.82. The Labute approximate surface area is 181 Å². The van der Waals surface area contributed by atoms with E-state index in [-0.39, 0.29) is 5.91 Å². The van der Waals surface area contributed by atoms with Crippen molar-refractivity contribution in [3.05, 3.63) is 24.3 Å². The second-order valence-electron chi connectivity index (χ2n) is 7.72.